The number of nitrogens with two attached hydrogens (primary N) is 1. The highest BCUT2D eigenvalue weighted by atomic mass is 16.5. The Bertz CT molecular complexity index is 571. The van der Waals surface area contributed by atoms with Crippen molar-refractivity contribution in [1.82, 2.24) is 15.0 Å². The van der Waals surface area contributed by atoms with E-state index >= 15 is 0 Å². The summed E-state index contributed by atoms with van der Waals surface area (Å²) in [5, 5.41) is 3.02. The largest absolute Gasteiger partial charge is 0.491 e. The fourth-order valence-corrected chi connectivity index (χ4v) is 1.54. The number of benzene rings is 1. The van der Waals surface area contributed by atoms with E-state index in [1.807, 2.05) is 38.1 Å². The molecule has 7 nitrogen and oxygen atoms in total. The van der Waals surface area contributed by atoms with Crippen LogP contribution in [0.3, 0.4) is 0 Å². The monoisotopic (exact) mass is 275 g/mol. The summed E-state index contributed by atoms with van der Waals surface area (Å²) in [6, 6.07) is 7.63. The van der Waals surface area contributed by atoms with E-state index in [0.717, 1.165) is 11.4 Å². The van der Waals surface area contributed by atoms with Crippen molar-refractivity contribution in [3.05, 3.63) is 24.3 Å². The molecule has 3 N–H and O–H groups in total. The molecule has 0 aliphatic rings. The van der Waals surface area contributed by atoms with Crippen LogP contribution in [0.4, 0.5) is 17.6 Å². The van der Waals surface area contributed by atoms with Crippen molar-refractivity contribution in [2.24, 2.45) is 0 Å². The van der Waals surface area contributed by atoms with Crippen LogP contribution in [0.2, 0.25) is 0 Å². The number of nitrogen functional groups attached to an aromatic ring is 1. The summed E-state index contributed by atoms with van der Waals surface area (Å²) in [7, 11) is 1.47. The van der Waals surface area contributed by atoms with Gasteiger partial charge in [0.25, 0.3) is 0 Å². The zero-order valence-electron chi connectivity index (χ0n) is 11.6. The number of methoxy groups -OCH3 is 1. The number of hydrogen-bond acceptors (Lipinski definition) is 7. The zero-order chi connectivity index (χ0) is 14.5. The van der Waals surface area contributed by atoms with Gasteiger partial charge < -0.3 is 20.5 Å². The van der Waals surface area contributed by atoms with Crippen LogP contribution in [0.5, 0.6) is 11.8 Å². The summed E-state index contributed by atoms with van der Waals surface area (Å²) in [6.07, 6.45) is 0.140. The Morgan fingerprint density at radius 1 is 1.10 bits per heavy atom. The van der Waals surface area contributed by atoms with Crippen molar-refractivity contribution in [2.45, 2.75) is 20.0 Å². The first kappa shape index (κ1) is 13.9. The van der Waals surface area contributed by atoms with Crippen LogP contribution >= 0.6 is 0 Å². The lowest BCUT2D eigenvalue weighted by molar-refractivity contribution is 0.242. The SMILES string of the molecule is COc1nc(N)nc(Nc2ccc(OC(C)C)cc2)n1. The first-order chi connectivity index (χ1) is 9.56. The van der Waals surface area contributed by atoms with Gasteiger partial charge in [-0.25, -0.2) is 0 Å². The van der Waals surface area contributed by atoms with Crippen molar-refractivity contribution < 1.29 is 9.47 Å². The van der Waals surface area contributed by atoms with Crippen molar-refractivity contribution in [1.29, 1.82) is 0 Å². The fourth-order valence-electron chi connectivity index (χ4n) is 1.54. The van der Waals surface area contributed by atoms with Gasteiger partial charge in [-0.2, -0.15) is 15.0 Å². The summed E-state index contributed by atoms with van der Waals surface area (Å²) in [4.78, 5) is 11.8. The minimum atomic E-state index is 0.0964. The summed E-state index contributed by atoms with van der Waals surface area (Å²) in [6.45, 7) is 3.96. The van der Waals surface area contributed by atoms with Crippen LogP contribution in [0.1, 0.15) is 13.8 Å². The maximum Gasteiger partial charge on any atom is 0.322 e. The molecule has 0 saturated carbocycles. The Labute approximate surface area is 117 Å². The molecule has 0 radical (unpaired) electrons. The molecule has 106 valence electrons. The van der Waals surface area contributed by atoms with E-state index in [2.05, 4.69) is 20.3 Å². The third-order valence-corrected chi connectivity index (χ3v) is 2.30. The molecular formula is C13H17N5O2. The van der Waals surface area contributed by atoms with E-state index in [9.17, 15) is 0 Å². The van der Waals surface area contributed by atoms with Crippen LogP contribution < -0.4 is 20.5 Å². The molecule has 0 fully saturated rings. The number of nitrogens with zero attached hydrogens (tertiary/aromatic N) is 3. The summed E-state index contributed by atoms with van der Waals surface area (Å²) < 4.78 is 10.5. The predicted molar refractivity (Wildman–Crippen MR) is 76.3 cm³/mol. The molecule has 0 amide bonds. The van der Waals surface area contributed by atoms with E-state index in [-0.39, 0.29) is 18.1 Å². The normalized spacial score (nSPS) is 10.4. The van der Waals surface area contributed by atoms with Crippen molar-refractivity contribution >= 4 is 17.6 Å². The highest BCUT2D eigenvalue weighted by molar-refractivity contribution is 5.55. The van der Waals surface area contributed by atoms with Crippen molar-refractivity contribution in [2.75, 3.05) is 18.2 Å². The summed E-state index contributed by atoms with van der Waals surface area (Å²) in [5.74, 6) is 1.23. The molecule has 0 bridgehead atoms. The molecule has 2 rings (SSSR count). The summed E-state index contributed by atoms with van der Waals surface area (Å²) in [5.41, 5.74) is 6.38. The molecule has 1 aromatic carbocycles. The number of nitrogens with one attached hydrogen (secondary N) is 1. The molecule has 0 spiro atoms. The third kappa shape index (κ3) is 3.71. The number of ether oxygens (including phenoxy) is 2. The molecule has 7 heteroatoms. The lowest BCUT2D eigenvalue weighted by Gasteiger charge is -2.10. The molecule has 20 heavy (non-hydrogen) atoms. The van der Waals surface area contributed by atoms with E-state index < -0.39 is 0 Å². The summed E-state index contributed by atoms with van der Waals surface area (Å²) >= 11 is 0. The van der Waals surface area contributed by atoms with Gasteiger partial charge in [-0.3, -0.25) is 0 Å². The van der Waals surface area contributed by atoms with Gasteiger partial charge in [0.15, 0.2) is 0 Å². The maximum atomic E-state index is 5.57. The Kier molecular flexibility index (Phi) is 4.19. The second-order valence-corrected chi connectivity index (χ2v) is 4.32. The van der Waals surface area contributed by atoms with E-state index in [1.54, 1.807) is 0 Å². The molecule has 2 aromatic rings. The molecule has 0 aliphatic carbocycles. The standard InChI is InChI=1S/C13H17N5O2/c1-8(2)20-10-6-4-9(5-7-10)15-12-16-11(14)17-13(18-12)19-3/h4-8H,1-3H3,(H3,14,15,16,17,18). The minimum Gasteiger partial charge on any atom is -0.491 e. The van der Waals surface area contributed by atoms with Gasteiger partial charge in [0, 0.05) is 5.69 Å². The number of anilines is 3. The Balaban J connectivity index is 2.11. The first-order valence-corrected chi connectivity index (χ1v) is 6.16. The second-order valence-electron chi connectivity index (χ2n) is 4.32. The van der Waals surface area contributed by atoms with Crippen molar-refractivity contribution in [3.8, 4) is 11.8 Å². The van der Waals surface area contributed by atoms with E-state index in [4.69, 9.17) is 15.2 Å². The Hall–Kier alpha value is -2.57. The molecular weight excluding hydrogens is 258 g/mol. The van der Waals surface area contributed by atoms with Gasteiger partial charge in [0.05, 0.1) is 13.2 Å². The topological polar surface area (TPSA) is 95.2 Å². The van der Waals surface area contributed by atoms with Crippen LogP contribution in [-0.2, 0) is 0 Å². The number of aromatic nitrogens is 3. The lowest BCUT2D eigenvalue weighted by atomic mass is 10.3. The fraction of sp³-hybridized carbons (Fsp3) is 0.308. The third-order valence-electron chi connectivity index (χ3n) is 2.30. The first-order valence-electron chi connectivity index (χ1n) is 6.16. The lowest BCUT2D eigenvalue weighted by Crippen LogP contribution is -2.06. The van der Waals surface area contributed by atoms with Gasteiger partial charge in [0.2, 0.25) is 11.9 Å². The van der Waals surface area contributed by atoms with Gasteiger partial charge in [-0.15, -0.1) is 0 Å². The average molecular weight is 275 g/mol. The van der Waals surface area contributed by atoms with Crippen LogP contribution in [-0.4, -0.2) is 28.2 Å². The smallest absolute Gasteiger partial charge is 0.322 e. The minimum absolute atomic E-state index is 0.0964. The van der Waals surface area contributed by atoms with Gasteiger partial charge >= 0.3 is 6.01 Å². The molecule has 0 unspecified atom stereocenters. The average Bonchev–Trinajstić information content (AvgIpc) is 2.39. The maximum absolute atomic E-state index is 5.57. The highest BCUT2D eigenvalue weighted by Crippen LogP contribution is 2.20. The van der Waals surface area contributed by atoms with Crippen LogP contribution in [0, 0.1) is 0 Å². The van der Waals surface area contributed by atoms with Crippen LogP contribution in [0.15, 0.2) is 24.3 Å². The Morgan fingerprint density at radius 2 is 1.80 bits per heavy atom. The molecule has 0 atom stereocenters. The molecule has 1 aromatic heterocycles. The number of rotatable bonds is 5. The van der Waals surface area contributed by atoms with E-state index in [0.29, 0.717) is 5.95 Å². The zero-order valence-corrected chi connectivity index (χ0v) is 11.6. The molecule has 0 aliphatic heterocycles. The van der Waals surface area contributed by atoms with Gasteiger partial charge in [-0.1, -0.05) is 0 Å². The second kappa shape index (κ2) is 6.05. The molecule has 1 heterocycles. The predicted octanol–water partition coefficient (Wildman–Crippen LogP) is 1.99. The highest BCUT2D eigenvalue weighted by Gasteiger charge is 2.05. The Morgan fingerprint density at radius 3 is 2.40 bits per heavy atom. The van der Waals surface area contributed by atoms with E-state index in [1.165, 1.54) is 7.11 Å². The molecule has 0 saturated heterocycles. The van der Waals surface area contributed by atoms with Crippen LogP contribution in [0.25, 0.3) is 0 Å². The van der Waals surface area contributed by atoms with Gasteiger partial charge in [0.1, 0.15) is 5.75 Å². The number of hydrogen-bond donors (Lipinski definition) is 2. The van der Waals surface area contributed by atoms with Gasteiger partial charge in [-0.05, 0) is 38.1 Å². The van der Waals surface area contributed by atoms with Crippen molar-refractivity contribution in [3.63, 3.8) is 0 Å². The quantitative estimate of drug-likeness (QED) is 0.861.